The molecule has 2 heterocycles. The molecule has 2 rings (SSSR count). The third-order valence-corrected chi connectivity index (χ3v) is 6.74. The topological polar surface area (TPSA) is 60.9 Å². The number of carbonyl (C=O) groups excluding carboxylic acids is 2. The fourth-order valence-corrected chi connectivity index (χ4v) is 4.53. The minimum atomic E-state index is -0.635. The monoisotopic (exact) mass is 394 g/mol. The van der Waals surface area contributed by atoms with Crippen LogP contribution < -0.4 is 0 Å². The van der Waals surface area contributed by atoms with Gasteiger partial charge in [-0.05, 0) is 36.0 Å². The van der Waals surface area contributed by atoms with E-state index in [4.69, 9.17) is 0 Å². The van der Waals surface area contributed by atoms with Crippen molar-refractivity contribution in [3.8, 4) is 0 Å². The zero-order valence-corrected chi connectivity index (χ0v) is 19.0. The van der Waals surface area contributed by atoms with Crippen molar-refractivity contribution in [2.24, 2.45) is 22.7 Å². The number of likely N-dealkylation sites (tertiary alicyclic amines) is 2. The van der Waals surface area contributed by atoms with Gasteiger partial charge >= 0.3 is 0 Å². The second-order valence-corrected chi connectivity index (χ2v) is 11.0. The summed E-state index contributed by atoms with van der Waals surface area (Å²) in [6.07, 6.45) is 5.47. The molecule has 28 heavy (non-hydrogen) atoms. The van der Waals surface area contributed by atoms with Crippen molar-refractivity contribution in [1.29, 1.82) is 0 Å². The van der Waals surface area contributed by atoms with Crippen LogP contribution >= 0.6 is 0 Å². The lowest BCUT2D eigenvalue weighted by Gasteiger charge is -2.27. The maximum absolute atomic E-state index is 12.5. The van der Waals surface area contributed by atoms with Gasteiger partial charge in [0.05, 0.1) is 0 Å². The molecule has 2 amide bonds. The molecule has 0 radical (unpaired) electrons. The van der Waals surface area contributed by atoms with Gasteiger partial charge < -0.3 is 14.9 Å². The molecule has 2 aliphatic rings. The largest absolute Gasteiger partial charge is 0.373 e. The van der Waals surface area contributed by atoms with E-state index < -0.39 is 6.23 Å². The number of aliphatic hydroxyl groups excluding tert-OH is 1. The van der Waals surface area contributed by atoms with E-state index in [1.54, 1.807) is 4.90 Å². The van der Waals surface area contributed by atoms with E-state index in [1.807, 2.05) is 4.90 Å². The molecule has 162 valence electrons. The third-order valence-electron chi connectivity index (χ3n) is 6.74. The van der Waals surface area contributed by atoms with Crippen LogP contribution in [0.5, 0.6) is 0 Å². The zero-order chi connectivity index (χ0) is 21.1. The number of hydrogen-bond donors (Lipinski definition) is 1. The van der Waals surface area contributed by atoms with Gasteiger partial charge in [0.25, 0.3) is 0 Å². The van der Waals surface area contributed by atoms with Gasteiger partial charge in [0.2, 0.25) is 11.8 Å². The van der Waals surface area contributed by atoms with Crippen molar-refractivity contribution in [3.63, 3.8) is 0 Å². The second-order valence-electron chi connectivity index (χ2n) is 11.0. The van der Waals surface area contributed by atoms with E-state index in [9.17, 15) is 14.7 Å². The molecule has 0 bridgehead atoms. The highest BCUT2D eigenvalue weighted by atomic mass is 16.3. The molecule has 5 nitrogen and oxygen atoms in total. The lowest BCUT2D eigenvalue weighted by Crippen LogP contribution is -2.36. The van der Waals surface area contributed by atoms with Crippen LogP contribution in [0, 0.1) is 22.7 Å². The summed E-state index contributed by atoms with van der Waals surface area (Å²) in [5, 5.41) is 10.2. The Morgan fingerprint density at radius 3 is 2.21 bits per heavy atom. The van der Waals surface area contributed by atoms with Crippen LogP contribution in [0.4, 0.5) is 0 Å². The Morgan fingerprint density at radius 2 is 1.68 bits per heavy atom. The first-order chi connectivity index (χ1) is 12.9. The number of carbonyl (C=O) groups is 2. The first-order valence-corrected chi connectivity index (χ1v) is 11.2. The van der Waals surface area contributed by atoms with Crippen LogP contribution in [-0.2, 0) is 9.59 Å². The van der Waals surface area contributed by atoms with Gasteiger partial charge in [-0.3, -0.25) is 9.59 Å². The number of hydrogen-bond acceptors (Lipinski definition) is 3. The van der Waals surface area contributed by atoms with Crippen molar-refractivity contribution in [2.75, 3.05) is 19.6 Å². The summed E-state index contributed by atoms with van der Waals surface area (Å²) in [4.78, 5) is 28.6. The Bertz CT molecular complexity index is 547. The molecule has 0 aliphatic carbocycles. The molecule has 3 atom stereocenters. The van der Waals surface area contributed by atoms with Crippen molar-refractivity contribution < 1.29 is 14.7 Å². The lowest BCUT2D eigenvalue weighted by molar-refractivity contribution is -0.137. The predicted octanol–water partition coefficient (Wildman–Crippen LogP) is 4.04. The standard InChI is InChI=1S/C23H42N2O3/c1-22(2,3)17-12-14-24(16-17)19(26)11-9-7-8-10-13-25-20(27)15-18(21(25)28)23(4,5)6/h17-18,20,27H,7-16H2,1-6H3/t17-,18?,20?/m1/s1. The van der Waals surface area contributed by atoms with Gasteiger partial charge in [0.1, 0.15) is 6.23 Å². The minimum absolute atomic E-state index is 0.0856. The summed E-state index contributed by atoms with van der Waals surface area (Å²) < 4.78 is 0. The van der Waals surface area contributed by atoms with Crippen LogP contribution in [0.2, 0.25) is 0 Å². The van der Waals surface area contributed by atoms with E-state index in [0.29, 0.717) is 31.2 Å². The maximum atomic E-state index is 12.5. The molecule has 0 aromatic heterocycles. The Balaban J connectivity index is 1.61. The van der Waals surface area contributed by atoms with E-state index in [0.717, 1.165) is 45.2 Å². The molecule has 2 aliphatic heterocycles. The highest BCUT2D eigenvalue weighted by molar-refractivity contribution is 5.82. The Labute approximate surface area is 171 Å². The third kappa shape index (κ3) is 5.95. The highest BCUT2D eigenvalue weighted by Crippen LogP contribution is 2.37. The van der Waals surface area contributed by atoms with Gasteiger partial charge in [-0.1, -0.05) is 54.4 Å². The van der Waals surface area contributed by atoms with Gasteiger partial charge in [0.15, 0.2) is 0 Å². The summed E-state index contributed by atoms with van der Waals surface area (Å²) in [6.45, 7) is 15.4. The molecular weight excluding hydrogens is 352 g/mol. The lowest BCUT2D eigenvalue weighted by atomic mass is 9.80. The second kappa shape index (κ2) is 9.15. The quantitative estimate of drug-likeness (QED) is 0.663. The smallest absolute Gasteiger partial charge is 0.228 e. The van der Waals surface area contributed by atoms with Crippen molar-refractivity contribution in [2.45, 2.75) is 92.7 Å². The van der Waals surface area contributed by atoms with Crippen LogP contribution in [0.15, 0.2) is 0 Å². The zero-order valence-electron chi connectivity index (χ0n) is 19.0. The predicted molar refractivity (Wildman–Crippen MR) is 113 cm³/mol. The van der Waals surface area contributed by atoms with E-state index in [1.165, 1.54) is 0 Å². The maximum Gasteiger partial charge on any atom is 0.228 e. The molecule has 0 aromatic rings. The normalized spacial score (nSPS) is 26.4. The fourth-order valence-electron chi connectivity index (χ4n) is 4.53. The Kier molecular flexibility index (Phi) is 7.57. The molecule has 1 N–H and O–H groups in total. The van der Waals surface area contributed by atoms with Crippen LogP contribution in [0.3, 0.4) is 0 Å². The fraction of sp³-hybridized carbons (Fsp3) is 0.913. The molecule has 0 aromatic carbocycles. The van der Waals surface area contributed by atoms with Crippen LogP contribution in [0.25, 0.3) is 0 Å². The first kappa shape index (κ1) is 23.2. The number of nitrogens with zero attached hydrogens (tertiary/aromatic N) is 2. The summed E-state index contributed by atoms with van der Waals surface area (Å²) in [6, 6.07) is 0. The summed E-state index contributed by atoms with van der Waals surface area (Å²) in [5.74, 6) is 0.915. The van der Waals surface area contributed by atoms with E-state index in [2.05, 4.69) is 41.5 Å². The SMILES string of the molecule is CC(C)(C)C1CC(O)N(CCCCCCC(=O)N2CC[C@@H](C(C)(C)C)C2)C1=O. The molecule has 0 saturated carbocycles. The average molecular weight is 395 g/mol. The minimum Gasteiger partial charge on any atom is -0.373 e. The Hall–Kier alpha value is -1.10. The summed E-state index contributed by atoms with van der Waals surface area (Å²) >= 11 is 0. The molecule has 0 spiro atoms. The molecule has 5 heteroatoms. The first-order valence-electron chi connectivity index (χ1n) is 11.2. The molecule has 2 fully saturated rings. The molecule has 2 unspecified atom stereocenters. The molecule has 2 saturated heterocycles. The molecular formula is C23H42N2O3. The number of unbranched alkanes of at least 4 members (excludes halogenated alkanes) is 3. The summed E-state index contributed by atoms with van der Waals surface area (Å²) in [7, 11) is 0. The number of amides is 2. The highest BCUT2D eigenvalue weighted by Gasteiger charge is 2.43. The van der Waals surface area contributed by atoms with Crippen LogP contribution in [-0.4, -0.2) is 52.6 Å². The van der Waals surface area contributed by atoms with Crippen LogP contribution in [0.1, 0.15) is 86.5 Å². The van der Waals surface area contributed by atoms with Gasteiger partial charge in [0, 0.05) is 38.4 Å². The summed E-state index contributed by atoms with van der Waals surface area (Å²) in [5.41, 5.74) is 0.174. The van der Waals surface area contributed by atoms with Gasteiger partial charge in [-0.15, -0.1) is 0 Å². The van der Waals surface area contributed by atoms with E-state index in [-0.39, 0.29) is 22.7 Å². The average Bonchev–Trinajstić information content (AvgIpc) is 3.16. The Morgan fingerprint density at radius 1 is 1.04 bits per heavy atom. The van der Waals surface area contributed by atoms with Crippen molar-refractivity contribution in [3.05, 3.63) is 0 Å². The van der Waals surface area contributed by atoms with Gasteiger partial charge in [-0.25, -0.2) is 0 Å². The number of rotatable bonds is 7. The van der Waals surface area contributed by atoms with Crippen molar-refractivity contribution in [1.82, 2.24) is 9.80 Å². The van der Waals surface area contributed by atoms with Crippen molar-refractivity contribution >= 4 is 11.8 Å². The van der Waals surface area contributed by atoms with E-state index >= 15 is 0 Å². The van der Waals surface area contributed by atoms with Gasteiger partial charge in [-0.2, -0.15) is 0 Å². The number of aliphatic hydroxyl groups is 1.